The van der Waals surface area contributed by atoms with Gasteiger partial charge in [0.2, 0.25) is 5.91 Å². The molecule has 0 aliphatic heterocycles. The predicted molar refractivity (Wildman–Crippen MR) is 76.2 cm³/mol. The van der Waals surface area contributed by atoms with Crippen LogP contribution < -0.4 is 5.73 Å². The fourth-order valence-electron chi connectivity index (χ4n) is 2.34. The van der Waals surface area contributed by atoms with Crippen LogP contribution in [0.4, 0.5) is 5.69 Å². The van der Waals surface area contributed by atoms with Crippen LogP contribution in [0.5, 0.6) is 0 Å². The molecule has 0 aliphatic carbocycles. The third-order valence-corrected chi connectivity index (χ3v) is 3.25. The number of benzene rings is 1. The minimum Gasteiger partial charge on any atom is -0.397 e. The molecule has 0 radical (unpaired) electrons. The van der Waals surface area contributed by atoms with Gasteiger partial charge in [-0.25, -0.2) is 0 Å². The van der Waals surface area contributed by atoms with Crippen LogP contribution in [0.15, 0.2) is 42.7 Å². The van der Waals surface area contributed by atoms with E-state index < -0.39 is 0 Å². The number of hydrogen-bond donors (Lipinski definition) is 2. The lowest BCUT2D eigenvalue weighted by Crippen LogP contribution is -2.11. The van der Waals surface area contributed by atoms with Crippen LogP contribution in [-0.2, 0) is 6.42 Å². The van der Waals surface area contributed by atoms with Crippen LogP contribution in [0.2, 0.25) is 0 Å². The van der Waals surface area contributed by atoms with Crippen LogP contribution in [0.1, 0.15) is 16.1 Å². The Hall–Kier alpha value is -2.49. The van der Waals surface area contributed by atoms with E-state index in [2.05, 4.69) is 4.98 Å². The van der Waals surface area contributed by atoms with Gasteiger partial charge in [-0.3, -0.25) is 9.36 Å². The molecule has 2 heterocycles. The number of carbonyl (C=O) groups is 1. The summed E-state index contributed by atoms with van der Waals surface area (Å²) >= 11 is 0. The number of nitrogen functional groups attached to an aromatic ring is 1. The van der Waals surface area contributed by atoms with Crippen molar-refractivity contribution in [3.8, 4) is 0 Å². The third kappa shape index (κ3) is 2.01. The topological polar surface area (TPSA) is 63.8 Å². The van der Waals surface area contributed by atoms with Crippen molar-refractivity contribution >= 4 is 22.5 Å². The van der Waals surface area contributed by atoms with Gasteiger partial charge in [-0.2, -0.15) is 0 Å². The Morgan fingerprint density at radius 3 is 2.89 bits per heavy atom. The molecule has 0 bridgehead atoms. The Morgan fingerprint density at radius 1 is 1.37 bits per heavy atom. The molecular formula is C15H15N3O. The maximum atomic E-state index is 12.3. The van der Waals surface area contributed by atoms with Crippen molar-refractivity contribution in [2.75, 3.05) is 5.73 Å². The molecule has 3 aromatic rings. The van der Waals surface area contributed by atoms with Gasteiger partial charge in [0.1, 0.15) is 0 Å². The number of carbonyl (C=O) groups excluding carboxylic acids is 1. The lowest BCUT2D eigenvalue weighted by Gasteiger charge is -2.02. The van der Waals surface area contributed by atoms with Gasteiger partial charge in [0.25, 0.3) is 0 Å². The number of aryl methyl sites for hydroxylation is 1. The molecule has 0 saturated carbocycles. The van der Waals surface area contributed by atoms with Gasteiger partial charge in [-0.1, -0.05) is 18.2 Å². The second-order valence-corrected chi connectivity index (χ2v) is 4.73. The zero-order valence-electron chi connectivity index (χ0n) is 10.7. The highest BCUT2D eigenvalue weighted by atomic mass is 16.2. The molecule has 1 aromatic carbocycles. The summed E-state index contributed by atoms with van der Waals surface area (Å²) in [5.41, 5.74) is 9.47. The first-order valence-electron chi connectivity index (χ1n) is 6.18. The Morgan fingerprint density at radius 2 is 2.16 bits per heavy atom. The number of hydrogen-bond acceptors (Lipinski definition) is 2. The summed E-state index contributed by atoms with van der Waals surface area (Å²) in [6.07, 6.45) is 3.93. The maximum Gasteiger partial charge on any atom is 0.235 e. The number of rotatable bonds is 2. The van der Waals surface area contributed by atoms with Crippen LogP contribution in [0.25, 0.3) is 10.9 Å². The Kier molecular flexibility index (Phi) is 2.63. The summed E-state index contributed by atoms with van der Waals surface area (Å²) in [5, 5.41) is 0.918. The quantitative estimate of drug-likeness (QED) is 0.737. The standard InChI is InChI=1S/C15H15N3O/c1-10-6-11(8-17-10)7-15(19)18-9-13(16)12-4-2-3-5-14(12)18/h2-6,8-9,17H,7,16H2,1H3. The molecule has 2 aromatic heterocycles. The lowest BCUT2D eigenvalue weighted by atomic mass is 10.2. The van der Waals surface area contributed by atoms with Crippen molar-refractivity contribution in [2.45, 2.75) is 13.3 Å². The second kappa shape index (κ2) is 4.31. The molecule has 96 valence electrons. The number of nitrogens with two attached hydrogens (primary N) is 1. The highest BCUT2D eigenvalue weighted by molar-refractivity contribution is 5.99. The highest BCUT2D eigenvalue weighted by Crippen LogP contribution is 2.23. The Balaban J connectivity index is 1.98. The molecule has 0 aliphatic rings. The smallest absolute Gasteiger partial charge is 0.235 e. The molecular weight excluding hydrogens is 238 g/mol. The van der Waals surface area contributed by atoms with Crippen molar-refractivity contribution in [1.29, 1.82) is 0 Å². The molecule has 4 heteroatoms. The number of fused-ring (bicyclic) bond motifs is 1. The fourth-order valence-corrected chi connectivity index (χ4v) is 2.34. The van der Waals surface area contributed by atoms with Crippen LogP contribution >= 0.6 is 0 Å². The van der Waals surface area contributed by atoms with Gasteiger partial charge in [0.05, 0.1) is 17.6 Å². The summed E-state index contributed by atoms with van der Waals surface area (Å²) in [4.78, 5) is 15.4. The van der Waals surface area contributed by atoms with E-state index in [1.165, 1.54) is 0 Å². The molecule has 0 saturated heterocycles. The van der Waals surface area contributed by atoms with Gasteiger partial charge < -0.3 is 10.7 Å². The summed E-state index contributed by atoms with van der Waals surface area (Å²) in [6, 6.07) is 9.64. The van der Waals surface area contributed by atoms with Crippen molar-refractivity contribution in [2.24, 2.45) is 0 Å². The lowest BCUT2D eigenvalue weighted by molar-refractivity contribution is 0.0919. The van der Waals surface area contributed by atoms with Gasteiger partial charge in [0, 0.05) is 23.5 Å². The van der Waals surface area contributed by atoms with Crippen LogP contribution in [0, 0.1) is 6.92 Å². The first-order valence-corrected chi connectivity index (χ1v) is 6.18. The predicted octanol–water partition coefficient (Wildman–Crippen LogP) is 2.74. The van der Waals surface area contributed by atoms with Crippen molar-refractivity contribution in [3.05, 3.63) is 54.0 Å². The first kappa shape index (κ1) is 11.6. The van der Waals surface area contributed by atoms with Gasteiger partial charge in [0.15, 0.2) is 0 Å². The molecule has 4 nitrogen and oxygen atoms in total. The number of anilines is 1. The van der Waals surface area contributed by atoms with E-state index >= 15 is 0 Å². The van der Waals surface area contributed by atoms with Gasteiger partial charge in [-0.15, -0.1) is 0 Å². The summed E-state index contributed by atoms with van der Waals surface area (Å²) in [7, 11) is 0. The third-order valence-electron chi connectivity index (χ3n) is 3.25. The minimum absolute atomic E-state index is 0.0203. The van der Waals surface area contributed by atoms with Gasteiger partial charge in [-0.05, 0) is 24.6 Å². The van der Waals surface area contributed by atoms with Crippen LogP contribution in [-0.4, -0.2) is 15.5 Å². The molecule has 0 amide bonds. The Labute approximate surface area is 110 Å². The number of H-pyrrole nitrogens is 1. The van der Waals surface area contributed by atoms with E-state index in [1.807, 2.05) is 43.5 Å². The molecule has 3 N–H and O–H groups in total. The Bertz CT molecular complexity index is 752. The number of nitrogens with zero attached hydrogens (tertiary/aromatic N) is 1. The molecule has 19 heavy (non-hydrogen) atoms. The van der Waals surface area contributed by atoms with E-state index in [-0.39, 0.29) is 5.91 Å². The zero-order valence-corrected chi connectivity index (χ0v) is 10.7. The van der Waals surface area contributed by atoms with E-state index in [4.69, 9.17) is 5.73 Å². The normalized spacial score (nSPS) is 11.0. The molecule has 0 fully saturated rings. The zero-order chi connectivity index (χ0) is 13.4. The van der Waals surface area contributed by atoms with Crippen LogP contribution in [0.3, 0.4) is 0 Å². The molecule has 0 spiro atoms. The van der Waals surface area contributed by atoms with Crippen molar-refractivity contribution in [3.63, 3.8) is 0 Å². The second-order valence-electron chi connectivity index (χ2n) is 4.73. The highest BCUT2D eigenvalue weighted by Gasteiger charge is 2.12. The summed E-state index contributed by atoms with van der Waals surface area (Å²) in [6.45, 7) is 1.97. The molecule has 0 atom stereocenters. The number of aromatic amines is 1. The van der Waals surface area contributed by atoms with E-state index in [1.54, 1.807) is 10.8 Å². The number of aromatic nitrogens is 2. The van der Waals surface area contributed by atoms with Crippen molar-refractivity contribution < 1.29 is 4.79 Å². The maximum absolute atomic E-state index is 12.3. The van der Waals surface area contributed by atoms with E-state index in [9.17, 15) is 4.79 Å². The largest absolute Gasteiger partial charge is 0.397 e. The number of para-hydroxylation sites is 1. The molecule has 3 rings (SSSR count). The van der Waals surface area contributed by atoms with E-state index in [0.29, 0.717) is 12.1 Å². The first-order chi connectivity index (χ1) is 9.15. The molecule has 0 unspecified atom stereocenters. The summed E-state index contributed by atoms with van der Waals surface area (Å²) in [5.74, 6) is 0.0203. The van der Waals surface area contributed by atoms with Crippen molar-refractivity contribution in [1.82, 2.24) is 9.55 Å². The van der Waals surface area contributed by atoms with E-state index in [0.717, 1.165) is 22.2 Å². The number of nitrogens with one attached hydrogen (secondary N) is 1. The van der Waals surface area contributed by atoms with Gasteiger partial charge >= 0.3 is 0 Å². The average molecular weight is 253 g/mol. The minimum atomic E-state index is 0.0203. The fraction of sp³-hybridized carbons (Fsp3) is 0.133. The monoisotopic (exact) mass is 253 g/mol. The SMILES string of the molecule is Cc1cc(CC(=O)n2cc(N)c3ccccc32)c[nH]1. The summed E-state index contributed by atoms with van der Waals surface area (Å²) < 4.78 is 1.63. The average Bonchev–Trinajstić information content (AvgIpc) is 2.95.